The van der Waals surface area contributed by atoms with Crippen molar-refractivity contribution in [2.75, 3.05) is 5.32 Å². The van der Waals surface area contributed by atoms with Crippen LogP contribution in [0.1, 0.15) is 23.6 Å². The first-order chi connectivity index (χ1) is 9.54. The van der Waals surface area contributed by atoms with Crippen LogP contribution in [-0.2, 0) is 6.42 Å². The number of phenols is 1. The molecule has 0 saturated heterocycles. The molecule has 1 unspecified atom stereocenters. The number of rotatable bonds is 2. The van der Waals surface area contributed by atoms with Gasteiger partial charge in [-0.25, -0.2) is 0 Å². The van der Waals surface area contributed by atoms with E-state index in [0.717, 1.165) is 18.4 Å². The zero-order chi connectivity index (χ0) is 14.3. The van der Waals surface area contributed by atoms with Crippen LogP contribution in [0.25, 0.3) is 0 Å². The molecule has 2 aromatic carbocycles. The van der Waals surface area contributed by atoms with Gasteiger partial charge in [0.15, 0.2) is 0 Å². The lowest BCUT2D eigenvalue weighted by Crippen LogP contribution is -2.08. The smallest absolute Gasteiger partial charge is 0.115 e. The number of fused-ring (bicyclic) bond motifs is 1. The van der Waals surface area contributed by atoms with E-state index in [1.807, 2.05) is 12.1 Å². The first-order valence-electron chi connectivity index (χ1n) is 6.27. The molecule has 3 rings (SSSR count). The van der Waals surface area contributed by atoms with Gasteiger partial charge in [0.05, 0.1) is 21.8 Å². The normalized spacial score (nSPS) is 17.1. The third-order valence-electron chi connectivity index (χ3n) is 3.53. The molecule has 0 spiro atoms. The van der Waals surface area contributed by atoms with Gasteiger partial charge in [0.1, 0.15) is 5.75 Å². The third-order valence-corrected chi connectivity index (χ3v) is 4.34. The number of hydrogen-bond acceptors (Lipinski definition) is 2. The minimum atomic E-state index is 0.141. The molecule has 2 nitrogen and oxygen atoms in total. The SMILES string of the molecule is Oc1ccc2c(c1)CCC2Nc1c(Cl)cc(Cl)cc1Cl. The maximum absolute atomic E-state index is 9.51. The van der Waals surface area contributed by atoms with Crippen LogP contribution in [0.5, 0.6) is 5.75 Å². The van der Waals surface area contributed by atoms with Gasteiger partial charge in [0.25, 0.3) is 0 Å². The summed E-state index contributed by atoms with van der Waals surface area (Å²) in [7, 11) is 0. The van der Waals surface area contributed by atoms with E-state index >= 15 is 0 Å². The number of phenolic OH excluding ortho intramolecular Hbond substituents is 1. The highest BCUT2D eigenvalue weighted by molar-refractivity contribution is 6.41. The second-order valence-electron chi connectivity index (χ2n) is 4.86. The van der Waals surface area contributed by atoms with Crippen LogP contribution in [0.4, 0.5) is 5.69 Å². The molecule has 2 aromatic rings. The van der Waals surface area contributed by atoms with Gasteiger partial charge in [-0.2, -0.15) is 0 Å². The summed E-state index contributed by atoms with van der Waals surface area (Å²) in [6.07, 6.45) is 1.86. The van der Waals surface area contributed by atoms with E-state index in [9.17, 15) is 5.11 Å². The van der Waals surface area contributed by atoms with Gasteiger partial charge in [-0.3, -0.25) is 0 Å². The van der Waals surface area contributed by atoms with Crippen molar-refractivity contribution >= 4 is 40.5 Å². The van der Waals surface area contributed by atoms with Crippen molar-refractivity contribution in [2.45, 2.75) is 18.9 Å². The van der Waals surface area contributed by atoms with Crippen molar-refractivity contribution in [2.24, 2.45) is 0 Å². The first kappa shape index (κ1) is 13.9. The highest BCUT2D eigenvalue weighted by Gasteiger charge is 2.24. The van der Waals surface area contributed by atoms with Crippen molar-refractivity contribution in [1.29, 1.82) is 0 Å². The Kier molecular flexibility index (Phi) is 3.72. The summed E-state index contributed by atoms with van der Waals surface area (Å²) in [5.74, 6) is 0.298. The van der Waals surface area contributed by atoms with Crippen molar-refractivity contribution in [3.63, 3.8) is 0 Å². The van der Waals surface area contributed by atoms with Crippen molar-refractivity contribution in [3.05, 3.63) is 56.5 Å². The predicted octanol–water partition coefficient (Wildman–Crippen LogP) is 5.45. The van der Waals surface area contributed by atoms with Crippen LogP contribution in [0.15, 0.2) is 30.3 Å². The highest BCUT2D eigenvalue weighted by atomic mass is 35.5. The minimum absolute atomic E-state index is 0.141. The van der Waals surface area contributed by atoms with Gasteiger partial charge in [-0.15, -0.1) is 0 Å². The Labute approximate surface area is 132 Å². The molecule has 104 valence electrons. The largest absolute Gasteiger partial charge is 0.508 e. The average molecular weight is 329 g/mol. The molecular formula is C15H12Cl3NO. The minimum Gasteiger partial charge on any atom is -0.508 e. The monoisotopic (exact) mass is 327 g/mol. The van der Waals surface area contributed by atoms with Crippen LogP contribution >= 0.6 is 34.8 Å². The maximum Gasteiger partial charge on any atom is 0.115 e. The van der Waals surface area contributed by atoms with Crippen LogP contribution < -0.4 is 5.32 Å². The third kappa shape index (κ3) is 2.56. The van der Waals surface area contributed by atoms with Crippen molar-refractivity contribution in [3.8, 4) is 5.75 Å². The molecular weight excluding hydrogens is 317 g/mol. The Hall–Kier alpha value is -1.09. The summed E-state index contributed by atoms with van der Waals surface area (Å²) < 4.78 is 0. The van der Waals surface area contributed by atoms with Gasteiger partial charge in [-0.1, -0.05) is 40.9 Å². The topological polar surface area (TPSA) is 32.3 Å². The van der Waals surface area contributed by atoms with Gasteiger partial charge < -0.3 is 10.4 Å². The fourth-order valence-electron chi connectivity index (χ4n) is 2.61. The van der Waals surface area contributed by atoms with Crippen LogP contribution in [0, 0.1) is 0 Å². The summed E-state index contributed by atoms with van der Waals surface area (Å²) in [6.45, 7) is 0. The lowest BCUT2D eigenvalue weighted by atomic mass is 10.1. The average Bonchev–Trinajstić information content (AvgIpc) is 2.76. The lowest BCUT2D eigenvalue weighted by molar-refractivity contribution is 0.474. The van der Waals surface area contributed by atoms with Crippen molar-refractivity contribution in [1.82, 2.24) is 0 Å². The van der Waals surface area contributed by atoms with Crippen LogP contribution in [-0.4, -0.2) is 5.11 Å². The zero-order valence-corrected chi connectivity index (χ0v) is 12.7. The predicted molar refractivity (Wildman–Crippen MR) is 84.3 cm³/mol. The Balaban J connectivity index is 1.91. The van der Waals surface area contributed by atoms with E-state index in [0.29, 0.717) is 26.5 Å². The molecule has 0 amide bonds. The standard InChI is InChI=1S/C15H12Cl3NO/c16-9-6-12(17)15(13(18)7-9)19-14-4-1-8-5-10(20)2-3-11(8)14/h2-3,5-7,14,19-20H,1,4H2. The fourth-order valence-corrected chi connectivity index (χ4v) is 3.53. The second kappa shape index (κ2) is 5.36. The number of benzene rings is 2. The lowest BCUT2D eigenvalue weighted by Gasteiger charge is -2.18. The van der Waals surface area contributed by atoms with E-state index in [4.69, 9.17) is 34.8 Å². The molecule has 0 fully saturated rings. The summed E-state index contributed by atoms with van der Waals surface area (Å²) in [6, 6.07) is 8.93. The first-order valence-corrected chi connectivity index (χ1v) is 7.41. The molecule has 0 heterocycles. The molecule has 1 aliphatic rings. The van der Waals surface area contributed by atoms with E-state index in [-0.39, 0.29) is 6.04 Å². The van der Waals surface area contributed by atoms with Gasteiger partial charge >= 0.3 is 0 Å². The summed E-state index contributed by atoms with van der Waals surface area (Å²) in [5, 5.41) is 14.4. The molecule has 1 atom stereocenters. The Morgan fingerprint density at radius 2 is 1.75 bits per heavy atom. The number of aryl methyl sites for hydroxylation is 1. The Morgan fingerprint density at radius 3 is 2.45 bits per heavy atom. The number of aromatic hydroxyl groups is 1. The number of hydrogen-bond donors (Lipinski definition) is 2. The summed E-state index contributed by atoms with van der Waals surface area (Å²) >= 11 is 18.3. The Morgan fingerprint density at radius 1 is 1.05 bits per heavy atom. The van der Waals surface area contributed by atoms with E-state index in [1.165, 1.54) is 5.56 Å². The van der Waals surface area contributed by atoms with E-state index < -0.39 is 0 Å². The van der Waals surface area contributed by atoms with Gasteiger partial charge in [0, 0.05) is 5.02 Å². The van der Waals surface area contributed by atoms with Crippen LogP contribution in [0.2, 0.25) is 15.1 Å². The molecule has 0 bridgehead atoms. The molecule has 0 saturated carbocycles. The fraction of sp³-hybridized carbons (Fsp3) is 0.200. The molecule has 2 N–H and O–H groups in total. The molecule has 0 radical (unpaired) electrons. The number of halogens is 3. The molecule has 0 aliphatic heterocycles. The molecule has 1 aliphatic carbocycles. The maximum atomic E-state index is 9.51. The Bertz CT molecular complexity index is 649. The second-order valence-corrected chi connectivity index (χ2v) is 6.11. The molecule has 0 aromatic heterocycles. The van der Waals surface area contributed by atoms with Crippen LogP contribution in [0.3, 0.4) is 0 Å². The zero-order valence-electron chi connectivity index (χ0n) is 10.5. The molecule has 20 heavy (non-hydrogen) atoms. The van der Waals surface area contributed by atoms with Gasteiger partial charge in [-0.05, 0) is 48.2 Å². The quantitative estimate of drug-likeness (QED) is 0.768. The summed E-state index contributed by atoms with van der Waals surface area (Å²) in [5.41, 5.74) is 3.03. The van der Waals surface area contributed by atoms with E-state index in [1.54, 1.807) is 18.2 Å². The number of anilines is 1. The highest BCUT2D eigenvalue weighted by Crippen LogP contribution is 2.40. The molecule has 5 heteroatoms. The van der Waals surface area contributed by atoms with Crippen molar-refractivity contribution < 1.29 is 5.11 Å². The summed E-state index contributed by atoms with van der Waals surface area (Å²) in [4.78, 5) is 0. The van der Waals surface area contributed by atoms with E-state index in [2.05, 4.69) is 5.32 Å². The number of nitrogens with one attached hydrogen (secondary N) is 1. The van der Waals surface area contributed by atoms with Gasteiger partial charge in [0.2, 0.25) is 0 Å².